The highest BCUT2D eigenvalue weighted by Crippen LogP contribution is 2.34. The van der Waals surface area contributed by atoms with Crippen molar-refractivity contribution in [2.24, 2.45) is 5.92 Å². The second-order valence-electron chi connectivity index (χ2n) is 5.94. The van der Waals surface area contributed by atoms with Crippen molar-refractivity contribution >= 4 is 27.5 Å². The summed E-state index contributed by atoms with van der Waals surface area (Å²) in [4.78, 5) is 2.60. The largest absolute Gasteiger partial charge is 0.314 e. The van der Waals surface area contributed by atoms with Crippen molar-refractivity contribution in [1.82, 2.24) is 10.2 Å². The van der Waals surface area contributed by atoms with Gasteiger partial charge in [-0.3, -0.25) is 4.90 Å². The fourth-order valence-corrected chi connectivity index (χ4v) is 3.74. The normalized spacial score (nSPS) is 18.4. The molecule has 0 amide bonds. The van der Waals surface area contributed by atoms with E-state index in [-0.39, 0.29) is 0 Å². The van der Waals surface area contributed by atoms with E-state index in [0.717, 1.165) is 41.6 Å². The number of hydrogen-bond donors (Lipinski definition) is 1. The summed E-state index contributed by atoms with van der Waals surface area (Å²) >= 11 is 9.78. The summed E-state index contributed by atoms with van der Waals surface area (Å²) in [6.45, 7) is 9.01. The number of nitrogens with zero attached hydrogens (tertiary/aromatic N) is 1. The van der Waals surface area contributed by atoms with Gasteiger partial charge in [-0.25, -0.2) is 0 Å². The van der Waals surface area contributed by atoms with Crippen molar-refractivity contribution < 1.29 is 0 Å². The summed E-state index contributed by atoms with van der Waals surface area (Å²) in [6.07, 6.45) is 2.46. The summed E-state index contributed by atoms with van der Waals surface area (Å²) in [5.74, 6) is 0.742. The second-order valence-corrected chi connectivity index (χ2v) is 7.23. The van der Waals surface area contributed by atoms with Gasteiger partial charge in [0.2, 0.25) is 0 Å². The lowest BCUT2D eigenvalue weighted by atomic mass is 9.96. The van der Waals surface area contributed by atoms with Crippen molar-refractivity contribution in [1.29, 1.82) is 0 Å². The number of rotatable bonds is 5. The molecule has 0 aliphatic carbocycles. The number of hydrogen-bond acceptors (Lipinski definition) is 2. The second kappa shape index (κ2) is 7.79. The molecule has 4 heteroatoms. The van der Waals surface area contributed by atoms with Gasteiger partial charge in [-0.15, -0.1) is 0 Å². The topological polar surface area (TPSA) is 15.3 Å². The molecule has 0 saturated carbocycles. The molecule has 0 radical (unpaired) electrons. The third-order valence-corrected chi connectivity index (χ3v) is 4.85. The first-order valence-corrected chi connectivity index (χ1v) is 8.64. The Bertz CT molecular complexity index is 430. The average Bonchev–Trinajstić information content (AvgIpc) is 2.42. The zero-order valence-corrected chi connectivity index (χ0v) is 14.7. The van der Waals surface area contributed by atoms with Gasteiger partial charge in [0.05, 0.1) is 0 Å². The van der Waals surface area contributed by atoms with E-state index >= 15 is 0 Å². The van der Waals surface area contributed by atoms with Gasteiger partial charge in [0.1, 0.15) is 0 Å². The van der Waals surface area contributed by atoms with Crippen LogP contribution in [0.15, 0.2) is 22.7 Å². The summed E-state index contributed by atoms with van der Waals surface area (Å²) in [5.41, 5.74) is 1.37. The molecule has 0 spiro atoms. The van der Waals surface area contributed by atoms with E-state index in [1.54, 1.807) is 0 Å². The van der Waals surface area contributed by atoms with Crippen LogP contribution in [0.1, 0.15) is 38.3 Å². The maximum atomic E-state index is 6.08. The van der Waals surface area contributed by atoms with E-state index in [1.807, 2.05) is 12.1 Å². The van der Waals surface area contributed by atoms with Crippen LogP contribution in [0.25, 0.3) is 0 Å². The molecule has 2 nitrogen and oxygen atoms in total. The monoisotopic (exact) mass is 358 g/mol. The predicted molar refractivity (Wildman–Crippen MR) is 90.4 cm³/mol. The Morgan fingerprint density at radius 2 is 1.95 bits per heavy atom. The van der Waals surface area contributed by atoms with Gasteiger partial charge in [-0.1, -0.05) is 47.4 Å². The predicted octanol–water partition coefficient (Wildman–Crippen LogP) is 4.49. The minimum absolute atomic E-state index is 0.492. The lowest BCUT2D eigenvalue weighted by molar-refractivity contribution is 0.159. The maximum absolute atomic E-state index is 6.08. The third-order valence-electron chi connectivity index (χ3n) is 3.93. The van der Waals surface area contributed by atoms with Gasteiger partial charge in [-0.05, 0) is 36.5 Å². The molecule has 0 bridgehead atoms. The Kier molecular flexibility index (Phi) is 6.34. The molecule has 1 aliphatic heterocycles. The van der Waals surface area contributed by atoms with Crippen LogP contribution in [-0.2, 0) is 0 Å². The van der Waals surface area contributed by atoms with Crippen LogP contribution in [0.2, 0.25) is 5.02 Å². The van der Waals surface area contributed by atoms with E-state index in [4.69, 9.17) is 11.6 Å². The van der Waals surface area contributed by atoms with E-state index in [1.165, 1.54) is 18.4 Å². The van der Waals surface area contributed by atoms with Gasteiger partial charge in [0, 0.05) is 41.7 Å². The smallest absolute Gasteiger partial charge is 0.0417 e. The van der Waals surface area contributed by atoms with Crippen LogP contribution >= 0.6 is 27.5 Å². The summed E-state index contributed by atoms with van der Waals surface area (Å²) in [5, 5.41) is 4.23. The first-order chi connectivity index (χ1) is 9.58. The van der Waals surface area contributed by atoms with Crippen molar-refractivity contribution in [3.63, 3.8) is 0 Å². The molecule has 2 rings (SSSR count). The minimum atomic E-state index is 0.492. The molecule has 1 aromatic rings. The summed E-state index contributed by atoms with van der Waals surface area (Å²) in [7, 11) is 0. The molecule has 1 heterocycles. The van der Waals surface area contributed by atoms with Gasteiger partial charge < -0.3 is 5.32 Å². The number of nitrogens with one attached hydrogen (secondary N) is 1. The van der Waals surface area contributed by atoms with Gasteiger partial charge in [0.15, 0.2) is 0 Å². The molecule has 1 aromatic carbocycles. The highest BCUT2D eigenvalue weighted by molar-refractivity contribution is 9.10. The van der Waals surface area contributed by atoms with E-state index < -0.39 is 0 Å². The molecule has 112 valence electrons. The van der Waals surface area contributed by atoms with Crippen molar-refractivity contribution in [2.75, 3.05) is 26.2 Å². The molecular weight excluding hydrogens is 336 g/mol. The SMILES string of the molecule is CC(C)CC[C@H](c1ccc(Cl)cc1Br)N1CCNCC1. The number of piperazine rings is 1. The Hall–Kier alpha value is -0.0900. The highest BCUT2D eigenvalue weighted by atomic mass is 79.9. The molecule has 0 aromatic heterocycles. The maximum Gasteiger partial charge on any atom is 0.0417 e. The van der Waals surface area contributed by atoms with Crippen molar-refractivity contribution in [3.8, 4) is 0 Å². The molecule has 1 aliphatic rings. The lowest BCUT2D eigenvalue weighted by Crippen LogP contribution is -2.45. The molecule has 0 unspecified atom stereocenters. The fraction of sp³-hybridized carbons (Fsp3) is 0.625. The van der Waals surface area contributed by atoms with Gasteiger partial charge in [0.25, 0.3) is 0 Å². The van der Waals surface area contributed by atoms with Crippen molar-refractivity contribution in [2.45, 2.75) is 32.7 Å². The Labute approximate surface area is 136 Å². The number of halogens is 2. The first-order valence-electron chi connectivity index (χ1n) is 7.47. The molecule has 1 N–H and O–H groups in total. The van der Waals surface area contributed by atoms with Gasteiger partial charge in [-0.2, -0.15) is 0 Å². The standard InChI is InChI=1S/C16H24BrClN2/c1-12(2)3-6-16(20-9-7-19-8-10-20)14-5-4-13(18)11-15(14)17/h4-5,11-12,16,19H,3,6-10H2,1-2H3/t16-/m1/s1. The highest BCUT2D eigenvalue weighted by Gasteiger charge is 2.23. The zero-order chi connectivity index (χ0) is 14.5. The van der Waals surface area contributed by atoms with E-state index in [9.17, 15) is 0 Å². The van der Waals surface area contributed by atoms with Crippen LogP contribution in [0.3, 0.4) is 0 Å². The molecular formula is C16H24BrClN2. The molecule has 1 saturated heterocycles. The van der Waals surface area contributed by atoms with Crippen molar-refractivity contribution in [3.05, 3.63) is 33.3 Å². The van der Waals surface area contributed by atoms with Gasteiger partial charge >= 0.3 is 0 Å². The van der Waals surface area contributed by atoms with E-state index in [2.05, 4.69) is 46.1 Å². The molecule has 1 fully saturated rings. The molecule has 20 heavy (non-hydrogen) atoms. The summed E-state index contributed by atoms with van der Waals surface area (Å²) < 4.78 is 1.14. The van der Waals surface area contributed by atoms with Crippen LogP contribution in [0.5, 0.6) is 0 Å². The van der Waals surface area contributed by atoms with Crippen LogP contribution < -0.4 is 5.32 Å². The average molecular weight is 360 g/mol. The van der Waals surface area contributed by atoms with E-state index in [0.29, 0.717) is 6.04 Å². The Balaban J connectivity index is 2.19. The third kappa shape index (κ3) is 4.45. The Morgan fingerprint density at radius 3 is 2.55 bits per heavy atom. The molecule has 1 atom stereocenters. The van der Waals surface area contributed by atoms with Crippen LogP contribution in [-0.4, -0.2) is 31.1 Å². The summed E-state index contributed by atoms with van der Waals surface area (Å²) in [6, 6.07) is 6.69. The minimum Gasteiger partial charge on any atom is -0.314 e. The van der Waals surface area contributed by atoms with Crippen LogP contribution in [0, 0.1) is 5.92 Å². The first kappa shape index (κ1) is 16.3. The lowest BCUT2D eigenvalue weighted by Gasteiger charge is -2.36. The quantitative estimate of drug-likeness (QED) is 0.833. The fourth-order valence-electron chi connectivity index (χ4n) is 2.79. The number of benzene rings is 1. The zero-order valence-electron chi connectivity index (χ0n) is 12.3. The Morgan fingerprint density at radius 1 is 1.25 bits per heavy atom. The van der Waals surface area contributed by atoms with Crippen LogP contribution in [0.4, 0.5) is 0 Å².